The summed E-state index contributed by atoms with van der Waals surface area (Å²) in [6, 6.07) is 0. The van der Waals surface area contributed by atoms with Crippen LogP contribution >= 0.6 is 0 Å². The van der Waals surface area contributed by atoms with Crippen molar-refractivity contribution in [3.8, 4) is 0 Å². The summed E-state index contributed by atoms with van der Waals surface area (Å²) in [5.41, 5.74) is 0. The van der Waals surface area contributed by atoms with Gasteiger partial charge in [0.15, 0.2) is 12.4 Å². The van der Waals surface area contributed by atoms with Gasteiger partial charge in [-0.25, -0.2) is 0 Å². The Morgan fingerprint density at radius 2 is 1.28 bits per heavy atom. The van der Waals surface area contributed by atoms with E-state index in [2.05, 4.69) is 26.0 Å². The summed E-state index contributed by atoms with van der Waals surface area (Å²) in [5, 5.41) is 39.7. The number of aliphatic hydroxyl groups is 4. The third-order valence-electron chi connectivity index (χ3n) is 7.57. The zero-order chi connectivity index (χ0) is 33.8. The highest BCUT2D eigenvalue weighted by atomic mass is 16.7. The molecule has 6 atom stereocenters. The summed E-state index contributed by atoms with van der Waals surface area (Å²) in [6.07, 6.45) is 21.4. The maximum absolute atomic E-state index is 12.6. The lowest BCUT2D eigenvalue weighted by molar-refractivity contribution is -0.305. The lowest BCUT2D eigenvalue weighted by atomic mass is 9.99. The smallest absolute Gasteiger partial charge is 0.306 e. The van der Waals surface area contributed by atoms with Gasteiger partial charge in [-0.3, -0.25) is 9.59 Å². The van der Waals surface area contributed by atoms with Crippen LogP contribution in [0.25, 0.3) is 0 Å². The Hall–Kier alpha value is -2.34. The monoisotopic (exact) mass is 652 g/mol. The molecule has 264 valence electrons. The number of carbonyl (C=O) groups excluding carboxylic acids is 2. The Morgan fingerprint density at radius 3 is 1.93 bits per heavy atom. The molecule has 1 saturated heterocycles. The number of hydrogen-bond donors (Lipinski definition) is 4. The number of allylic oxidation sites excluding steroid dienone is 8. The number of carbonyl (C=O) groups is 2. The minimum Gasteiger partial charge on any atom is -0.462 e. The first-order chi connectivity index (χ1) is 22.3. The lowest BCUT2D eigenvalue weighted by Crippen LogP contribution is -2.59. The van der Waals surface area contributed by atoms with Crippen LogP contribution in [0.3, 0.4) is 0 Å². The molecule has 0 radical (unpaired) electrons. The van der Waals surface area contributed by atoms with Crippen molar-refractivity contribution in [2.45, 2.75) is 147 Å². The lowest BCUT2D eigenvalue weighted by Gasteiger charge is -2.39. The van der Waals surface area contributed by atoms with Crippen molar-refractivity contribution in [1.29, 1.82) is 0 Å². The van der Waals surface area contributed by atoms with Crippen molar-refractivity contribution in [3.63, 3.8) is 0 Å². The van der Waals surface area contributed by atoms with Gasteiger partial charge in [0.2, 0.25) is 0 Å². The average molecular weight is 653 g/mol. The van der Waals surface area contributed by atoms with Gasteiger partial charge in [0.05, 0.1) is 13.2 Å². The molecule has 1 fully saturated rings. The van der Waals surface area contributed by atoms with E-state index >= 15 is 0 Å². The molecular formula is C36H60O10. The fraction of sp³-hybridized carbons (Fsp3) is 0.722. The zero-order valence-corrected chi connectivity index (χ0v) is 28.0. The van der Waals surface area contributed by atoms with Gasteiger partial charge in [0.25, 0.3) is 0 Å². The van der Waals surface area contributed by atoms with Crippen LogP contribution in [0.5, 0.6) is 0 Å². The molecule has 0 amide bonds. The summed E-state index contributed by atoms with van der Waals surface area (Å²) in [7, 11) is 0. The molecular weight excluding hydrogens is 592 g/mol. The van der Waals surface area contributed by atoms with E-state index in [4.69, 9.17) is 18.9 Å². The first kappa shape index (κ1) is 41.7. The highest BCUT2D eigenvalue weighted by Crippen LogP contribution is 2.22. The van der Waals surface area contributed by atoms with Crippen LogP contribution in [0.2, 0.25) is 0 Å². The molecule has 1 heterocycles. The van der Waals surface area contributed by atoms with Gasteiger partial charge in [0.1, 0.15) is 31.0 Å². The topological polar surface area (TPSA) is 152 Å². The van der Waals surface area contributed by atoms with E-state index in [1.165, 1.54) is 25.7 Å². The second-order valence-corrected chi connectivity index (χ2v) is 11.7. The molecule has 1 rings (SSSR count). The fourth-order valence-corrected chi connectivity index (χ4v) is 4.78. The molecule has 0 aliphatic carbocycles. The molecule has 1 aliphatic heterocycles. The Morgan fingerprint density at radius 1 is 0.696 bits per heavy atom. The highest BCUT2D eigenvalue weighted by Gasteiger charge is 2.44. The number of esters is 2. The van der Waals surface area contributed by atoms with E-state index in [9.17, 15) is 30.0 Å². The van der Waals surface area contributed by atoms with Crippen molar-refractivity contribution in [2.24, 2.45) is 0 Å². The molecule has 0 spiro atoms. The Bertz CT molecular complexity index is 897. The normalized spacial score (nSPS) is 22.8. The predicted octanol–water partition coefficient (Wildman–Crippen LogP) is 5.37. The Labute approximate surface area is 276 Å². The summed E-state index contributed by atoms with van der Waals surface area (Å²) < 4.78 is 21.9. The van der Waals surface area contributed by atoms with Crippen LogP contribution in [-0.4, -0.2) is 89.0 Å². The highest BCUT2D eigenvalue weighted by molar-refractivity contribution is 5.70. The molecule has 0 aromatic heterocycles. The largest absolute Gasteiger partial charge is 0.462 e. The Balaban J connectivity index is 2.49. The average Bonchev–Trinajstić information content (AvgIpc) is 3.05. The van der Waals surface area contributed by atoms with Crippen molar-refractivity contribution in [2.75, 3.05) is 19.8 Å². The second kappa shape index (κ2) is 27.7. The van der Waals surface area contributed by atoms with Gasteiger partial charge in [-0.05, 0) is 32.1 Å². The van der Waals surface area contributed by atoms with Crippen LogP contribution < -0.4 is 0 Å². The summed E-state index contributed by atoms with van der Waals surface area (Å²) in [4.78, 5) is 25.0. The van der Waals surface area contributed by atoms with Crippen LogP contribution in [0.4, 0.5) is 0 Å². The van der Waals surface area contributed by atoms with E-state index in [1.807, 2.05) is 36.5 Å². The SMILES string of the molecule is CC/C=C/C=C/C=C/C=C/CCCCCC(=O)OC(COC(=O)CCCCCCCCCC)CO[C@@H]1O[C@H](CO)[C@H](O)C(O)C1O. The number of ether oxygens (including phenoxy) is 4. The molecule has 0 aromatic carbocycles. The molecule has 3 unspecified atom stereocenters. The second-order valence-electron chi connectivity index (χ2n) is 11.7. The summed E-state index contributed by atoms with van der Waals surface area (Å²) in [6.45, 7) is 3.16. The molecule has 10 nitrogen and oxygen atoms in total. The molecule has 0 aromatic rings. The standard InChI is InChI=1S/C36H60O10/c1-3-5-7-9-11-13-14-15-16-17-19-21-23-25-32(39)45-29(27-43-31(38)24-22-20-18-12-10-8-6-4-2)28-44-36-35(42)34(41)33(40)30(26-37)46-36/h5,7,9,11,13-16,29-30,33-37,40-42H,3-4,6,8,10,12,17-28H2,1-2H3/b7-5+,11-9+,14-13+,16-15+/t29?,30-,33+,34?,35?,36-/m1/s1. The van der Waals surface area contributed by atoms with E-state index in [0.29, 0.717) is 6.42 Å². The van der Waals surface area contributed by atoms with Gasteiger partial charge < -0.3 is 39.4 Å². The predicted molar refractivity (Wildman–Crippen MR) is 178 cm³/mol. The van der Waals surface area contributed by atoms with E-state index in [0.717, 1.165) is 51.4 Å². The molecule has 46 heavy (non-hydrogen) atoms. The van der Waals surface area contributed by atoms with Gasteiger partial charge in [-0.2, -0.15) is 0 Å². The van der Waals surface area contributed by atoms with Crippen LogP contribution in [0, 0.1) is 0 Å². The molecule has 10 heteroatoms. The molecule has 4 N–H and O–H groups in total. The van der Waals surface area contributed by atoms with E-state index < -0.39 is 55.4 Å². The molecule has 0 saturated carbocycles. The number of hydrogen-bond acceptors (Lipinski definition) is 10. The first-order valence-corrected chi connectivity index (χ1v) is 17.3. The van der Waals surface area contributed by atoms with Crippen molar-refractivity contribution in [3.05, 3.63) is 48.6 Å². The maximum atomic E-state index is 12.6. The maximum Gasteiger partial charge on any atom is 0.306 e. The van der Waals surface area contributed by atoms with Crippen molar-refractivity contribution < 1.29 is 49.0 Å². The first-order valence-electron chi connectivity index (χ1n) is 17.3. The van der Waals surface area contributed by atoms with Crippen molar-refractivity contribution in [1.82, 2.24) is 0 Å². The Kier molecular flexibility index (Phi) is 25.1. The fourth-order valence-electron chi connectivity index (χ4n) is 4.78. The van der Waals surface area contributed by atoms with Crippen LogP contribution in [0.1, 0.15) is 110 Å². The van der Waals surface area contributed by atoms with Crippen LogP contribution in [-0.2, 0) is 28.5 Å². The minimum atomic E-state index is -1.60. The van der Waals surface area contributed by atoms with Gasteiger partial charge >= 0.3 is 11.9 Å². The van der Waals surface area contributed by atoms with Gasteiger partial charge in [-0.15, -0.1) is 0 Å². The minimum absolute atomic E-state index is 0.183. The van der Waals surface area contributed by atoms with Gasteiger partial charge in [-0.1, -0.05) is 114 Å². The number of aliphatic hydroxyl groups excluding tert-OH is 4. The van der Waals surface area contributed by atoms with Gasteiger partial charge in [0, 0.05) is 12.8 Å². The van der Waals surface area contributed by atoms with E-state index in [1.54, 1.807) is 0 Å². The third kappa shape index (κ3) is 20.0. The zero-order valence-electron chi connectivity index (χ0n) is 28.0. The third-order valence-corrected chi connectivity index (χ3v) is 7.57. The quantitative estimate of drug-likeness (QED) is 0.0545. The number of unbranched alkanes of at least 4 members (excludes halogenated alkanes) is 10. The summed E-state index contributed by atoms with van der Waals surface area (Å²) in [5.74, 6) is -0.865. The number of rotatable bonds is 26. The molecule has 0 bridgehead atoms. The van der Waals surface area contributed by atoms with E-state index in [-0.39, 0.29) is 26.1 Å². The van der Waals surface area contributed by atoms with Crippen LogP contribution in [0.15, 0.2) is 48.6 Å². The summed E-state index contributed by atoms with van der Waals surface area (Å²) >= 11 is 0. The molecule has 1 aliphatic rings. The van der Waals surface area contributed by atoms with Crippen molar-refractivity contribution >= 4 is 11.9 Å².